The van der Waals surface area contributed by atoms with Gasteiger partial charge in [-0.15, -0.1) is 0 Å². The molecular formula is C24H28F4N4O2. The van der Waals surface area contributed by atoms with Gasteiger partial charge >= 0.3 is 5.92 Å². The van der Waals surface area contributed by atoms with Crippen molar-refractivity contribution in [2.45, 2.75) is 52.2 Å². The van der Waals surface area contributed by atoms with Crippen LogP contribution in [-0.2, 0) is 12.5 Å². The zero-order chi connectivity index (χ0) is 25.7. The topological polar surface area (TPSA) is 80.0 Å². The van der Waals surface area contributed by atoms with Crippen LogP contribution >= 0.6 is 0 Å². The number of pyridine rings is 1. The highest BCUT2D eigenvalue weighted by atomic mass is 19.3. The van der Waals surface area contributed by atoms with E-state index in [9.17, 15) is 27.5 Å². The Kier molecular flexibility index (Phi) is 8.55. The van der Waals surface area contributed by atoms with E-state index in [4.69, 9.17) is 0 Å². The molecule has 1 aromatic carbocycles. The summed E-state index contributed by atoms with van der Waals surface area (Å²) >= 11 is 0. The number of alkyl halides is 3. The van der Waals surface area contributed by atoms with Crippen LogP contribution in [0, 0.1) is 5.82 Å². The van der Waals surface area contributed by atoms with E-state index in [0.717, 1.165) is 19.9 Å². The molecule has 0 fully saturated rings. The van der Waals surface area contributed by atoms with Crippen LogP contribution in [0.1, 0.15) is 45.2 Å². The van der Waals surface area contributed by atoms with Crippen LogP contribution in [0.2, 0.25) is 0 Å². The molecular weight excluding hydrogens is 452 g/mol. The highest BCUT2D eigenvalue weighted by molar-refractivity contribution is 5.88. The zero-order valence-electron chi connectivity index (χ0n) is 19.5. The predicted molar refractivity (Wildman–Crippen MR) is 125 cm³/mol. The smallest absolute Gasteiger partial charge is 0.303 e. The van der Waals surface area contributed by atoms with Crippen LogP contribution < -0.4 is 10.9 Å². The molecule has 0 saturated heterocycles. The lowest BCUT2D eigenvalue weighted by Crippen LogP contribution is -2.41. The van der Waals surface area contributed by atoms with Crippen molar-refractivity contribution in [3.8, 4) is 0 Å². The Balaban J connectivity index is 0.00000199. The average molecular weight is 481 g/mol. The summed E-state index contributed by atoms with van der Waals surface area (Å²) in [5.41, 5.74) is -3.38. The number of hydrogen-bond donors (Lipinski definition) is 2. The summed E-state index contributed by atoms with van der Waals surface area (Å²) in [6.45, 7) is 8.60. The van der Waals surface area contributed by atoms with Crippen molar-refractivity contribution in [2.24, 2.45) is 0 Å². The Morgan fingerprint density at radius 1 is 1.24 bits per heavy atom. The maximum absolute atomic E-state index is 14.9. The fourth-order valence-corrected chi connectivity index (χ4v) is 3.12. The third-order valence-corrected chi connectivity index (χ3v) is 5.03. The predicted octanol–water partition coefficient (Wildman–Crippen LogP) is 5.26. The second-order valence-corrected chi connectivity index (χ2v) is 7.77. The number of anilines is 1. The molecule has 2 aromatic heterocycles. The standard InChI is InChI=1S/C22H22F4N4O2.C2H6/c1-13(7-8-23)30-11-15-17(9-18(30)31)28-12-29-20(15)27-10-14-5-4-6-16(19(14)24)22(25,26)21(2,3)32;1-2/h4-6,9,11-12,32H,1,7-8,10H2,2-3H3,(H,27,28,29);1-2H3. The average Bonchev–Trinajstić information content (AvgIpc) is 2.78. The Hall–Kier alpha value is -3.27. The molecule has 2 heterocycles. The van der Waals surface area contributed by atoms with Gasteiger partial charge < -0.3 is 10.4 Å². The van der Waals surface area contributed by atoms with Crippen LogP contribution in [-0.4, -0.2) is 31.9 Å². The number of rotatable bonds is 8. The van der Waals surface area contributed by atoms with E-state index in [1.807, 2.05) is 13.8 Å². The monoisotopic (exact) mass is 480 g/mol. The molecule has 0 spiro atoms. The number of hydrogen-bond acceptors (Lipinski definition) is 5. The summed E-state index contributed by atoms with van der Waals surface area (Å²) in [7, 11) is 0. The highest BCUT2D eigenvalue weighted by Gasteiger charge is 2.48. The minimum atomic E-state index is -3.82. The highest BCUT2D eigenvalue weighted by Crippen LogP contribution is 2.40. The van der Waals surface area contributed by atoms with Crippen LogP contribution in [0.3, 0.4) is 0 Å². The number of aliphatic hydroxyl groups is 1. The van der Waals surface area contributed by atoms with Gasteiger partial charge in [-0.05, 0) is 19.9 Å². The Labute approximate surface area is 195 Å². The first-order valence-corrected chi connectivity index (χ1v) is 10.7. The van der Waals surface area contributed by atoms with Crippen LogP contribution in [0.15, 0.2) is 48.2 Å². The minimum absolute atomic E-state index is 0.0463. The van der Waals surface area contributed by atoms with Crippen LogP contribution in [0.25, 0.3) is 16.6 Å². The summed E-state index contributed by atoms with van der Waals surface area (Å²) in [4.78, 5) is 20.4. The maximum atomic E-state index is 14.9. The number of halogens is 4. The van der Waals surface area contributed by atoms with Crippen molar-refractivity contribution in [1.82, 2.24) is 14.5 Å². The molecule has 2 N–H and O–H groups in total. The molecule has 0 aliphatic carbocycles. The first-order chi connectivity index (χ1) is 16.0. The maximum Gasteiger partial charge on any atom is 0.303 e. The van der Waals surface area contributed by atoms with Crippen molar-refractivity contribution in [3.63, 3.8) is 0 Å². The van der Waals surface area contributed by atoms with Gasteiger partial charge in [-0.25, -0.2) is 14.4 Å². The van der Waals surface area contributed by atoms with Crippen molar-refractivity contribution < 1.29 is 22.7 Å². The Morgan fingerprint density at radius 3 is 2.53 bits per heavy atom. The third kappa shape index (κ3) is 5.44. The number of aromatic nitrogens is 3. The lowest BCUT2D eigenvalue weighted by atomic mass is 9.92. The summed E-state index contributed by atoms with van der Waals surface area (Å²) in [6.07, 6.45) is 2.54. The zero-order valence-corrected chi connectivity index (χ0v) is 19.5. The molecule has 0 amide bonds. The van der Waals surface area contributed by atoms with Gasteiger partial charge in [0.15, 0.2) is 0 Å². The molecule has 184 valence electrons. The van der Waals surface area contributed by atoms with E-state index in [1.54, 1.807) is 0 Å². The molecule has 0 saturated carbocycles. The van der Waals surface area contributed by atoms with Crippen LogP contribution in [0.5, 0.6) is 0 Å². The second kappa shape index (κ2) is 10.8. The van der Waals surface area contributed by atoms with E-state index in [2.05, 4.69) is 21.9 Å². The van der Waals surface area contributed by atoms with Gasteiger partial charge in [-0.2, -0.15) is 8.78 Å². The van der Waals surface area contributed by atoms with Crippen LogP contribution in [0.4, 0.5) is 23.4 Å². The SMILES string of the molecule is C=C(CCF)n1cc2c(NCc3cccc(C(F)(F)C(C)(C)O)c3F)ncnc2cc1=O.CC. The number of fused-ring (bicyclic) bond motifs is 1. The van der Waals surface area contributed by atoms with Gasteiger partial charge in [0, 0.05) is 36.5 Å². The minimum Gasteiger partial charge on any atom is -0.384 e. The van der Waals surface area contributed by atoms with Gasteiger partial charge in [0.2, 0.25) is 0 Å². The van der Waals surface area contributed by atoms with Gasteiger partial charge in [0.05, 0.1) is 23.1 Å². The van der Waals surface area contributed by atoms with Crippen molar-refractivity contribution >= 4 is 22.4 Å². The molecule has 0 aliphatic heterocycles. The van der Waals surface area contributed by atoms with Gasteiger partial charge in [-0.1, -0.05) is 32.6 Å². The van der Waals surface area contributed by atoms with Crippen molar-refractivity contribution in [1.29, 1.82) is 0 Å². The van der Waals surface area contributed by atoms with Crippen molar-refractivity contribution in [3.05, 3.63) is 70.7 Å². The molecule has 0 radical (unpaired) electrons. The largest absolute Gasteiger partial charge is 0.384 e. The molecule has 6 nitrogen and oxygen atoms in total. The first kappa shape index (κ1) is 27.0. The Bertz CT molecular complexity index is 1220. The quantitative estimate of drug-likeness (QED) is 0.430. The molecule has 0 bridgehead atoms. The normalized spacial score (nSPS) is 11.7. The van der Waals surface area contributed by atoms with Gasteiger partial charge in [0.1, 0.15) is 23.6 Å². The molecule has 0 aliphatic rings. The Morgan fingerprint density at radius 2 is 1.91 bits per heavy atom. The van der Waals surface area contributed by atoms with E-state index in [1.165, 1.54) is 35.3 Å². The van der Waals surface area contributed by atoms with Gasteiger partial charge in [0.25, 0.3) is 5.56 Å². The summed E-state index contributed by atoms with van der Waals surface area (Å²) in [5.74, 6) is -4.75. The number of benzene rings is 1. The second-order valence-electron chi connectivity index (χ2n) is 7.77. The molecule has 3 aromatic rings. The summed E-state index contributed by atoms with van der Waals surface area (Å²) in [5, 5.41) is 13.0. The molecule has 10 heteroatoms. The van der Waals surface area contributed by atoms with E-state index >= 15 is 0 Å². The summed E-state index contributed by atoms with van der Waals surface area (Å²) in [6, 6.07) is 4.75. The van der Waals surface area contributed by atoms with E-state index in [0.29, 0.717) is 10.9 Å². The fraction of sp³-hybridized carbons (Fsp3) is 0.375. The molecule has 34 heavy (non-hydrogen) atoms. The molecule has 3 rings (SSSR count). The lowest BCUT2D eigenvalue weighted by Gasteiger charge is -2.30. The first-order valence-electron chi connectivity index (χ1n) is 10.7. The number of allylic oxidation sites excluding steroid dienone is 1. The van der Waals surface area contributed by atoms with Gasteiger partial charge in [-0.3, -0.25) is 13.8 Å². The number of nitrogens with one attached hydrogen (secondary N) is 1. The lowest BCUT2D eigenvalue weighted by molar-refractivity contribution is -0.170. The van der Waals surface area contributed by atoms with Crippen molar-refractivity contribution in [2.75, 3.05) is 12.0 Å². The third-order valence-electron chi connectivity index (χ3n) is 5.03. The summed E-state index contributed by atoms with van der Waals surface area (Å²) < 4.78 is 57.7. The molecule has 0 atom stereocenters. The number of nitrogens with zero attached hydrogens (tertiary/aromatic N) is 3. The fourth-order valence-electron chi connectivity index (χ4n) is 3.12. The van der Waals surface area contributed by atoms with E-state index in [-0.39, 0.29) is 30.0 Å². The van der Waals surface area contributed by atoms with E-state index < -0.39 is 35.1 Å². The molecule has 0 unspecified atom stereocenters.